The van der Waals surface area contributed by atoms with Gasteiger partial charge in [-0.1, -0.05) is 285 Å². The maximum absolute atomic E-state index is 15.9. The number of nitrogens with two attached hydrogens (primary N) is 1. The number of carbonyl (C=O) groups is 12. The van der Waals surface area contributed by atoms with Crippen LogP contribution in [0.25, 0.3) is 0 Å². The van der Waals surface area contributed by atoms with Gasteiger partial charge < -0.3 is 84.3 Å². The zero-order chi connectivity index (χ0) is 87.3. The topological polar surface area (TPSA) is 433 Å². The van der Waals surface area contributed by atoms with Crippen molar-refractivity contribution in [1.29, 1.82) is 0 Å². The highest BCUT2D eigenvalue weighted by atomic mass is 35.5. The zero-order valence-corrected chi connectivity index (χ0v) is 70.8. The Balaban J connectivity index is 0.0000227. The number of carbonyl (C=O) groups excluding carboxylic acids is 11. The summed E-state index contributed by atoms with van der Waals surface area (Å²) in [6.07, 6.45) is -0.491. The standard InChI is InChI=1S/C92H118N12O16.ClH/c1-9-10-11-12-13-35-52-72(89(117)118)96-83(111)73(54-59(2)3)100-88(116)80(63(8)106)102-86(114)74(55-60(4)5)98-85(113)76(57-78(108)104-92(68-45-29-18-30-46-68,69-47-31-19-32-48-69)70-49-33-20-34-50-70)99-84(112)75(56-77(107)103-91(65-39-23-15-24-40-65,66-41-25-16-26-42-66)67-43-27-17-28-44-67)97-81(109)61(6)95-87(115)79(62(7)105)101-82(110)71(93)51-36-53-94-90(119)120-58-64-37-21-14-22-38-64;/h14-34,37-50,59-63,71-76,79-80,105-106H,9-13,35-36,51-58,93H2,1-8H3,(H,94,119)(H,95,115)(H,96,111)(H,97,109)(H,98,113)(H,99,112)(H,100,116)(H,101,110)(H,102,114)(H,103,107)(H,104,108)(H,117,118);1H/t61-,62+,63+,71-,72+,73+,74+,75-,76+,79-,80-;/m0./s1. The van der Waals surface area contributed by atoms with E-state index in [9.17, 15) is 48.9 Å². The molecule has 0 aromatic heterocycles. The Morgan fingerprint density at radius 1 is 0.372 bits per heavy atom. The van der Waals surface area contributed by atoms with Crippen LogP contribution in [0.2, 0.25) is 0 Å². The molecule has 0 fully saturated rings. The van der Waals surface area contributed by atoms with Crippen LogP contribution in [0.15, 0.2) is 212 Å². The number of rotatable bonds is 48. The summed E-state index contributed by atoms with van der Waals surface area (Å²) in [6.45, 7) is 12.8. The lowest BCUT2D eigenvalue weighted by molar-refractivity contribution is -0.142. The fourth-order valence-electron chi connectivity index (χ4n) is 14.1. The first-order valence-electron chi connectivity index (χ1n) is 41.1. The molecule has 7 rings (SSSR count). The molecule has 29 heteroatoms. The number of carboxylic acids is 1. The van der Waals surface area contributed by atoms with Gasteiger partial charge in [-0.2, -0.15) is 0 Å². The minimum Gasteiger partial charge on any atom is -0.480 e. The van der Waals surface area contributed by atoms with Gasteiger partial charge in [0, 0.05) is 6.54 Å². The van der Waals surface area contributed by atoms with E-state index < -0.39 is 168 Å². The van der Waals surface area contributed by atoms with Gasteiger partial charge in [0.2, 0.25) is 59.1 Å². The fraction of sp³-hybridized carbons (Fsp3) is 0.413. The third-order valence-corrected chi connectivity index (χ3v) is 20.5. The molecule has 650 valence electrons. The number of unbranched alkanes of at least 4 members (excludes halogenated alkanes) is 5. The fourth-order valence-corrected chi connectivity index (χ4v) is 14.1. The molecule has 0 bridgehead atoms. The molecule has 0 aliphatic rings. The molecule has 0 aliphatic carbocycles. The molecule has 7 aromatic rings. The Morgan fingerprint density at radius 3 is 1.07 bits per heavy atom. The molecule has 16 N–H and O–H groups in total. The first kappa shape index (κ1) is 98.0. The van der Waals surface area contributed by atoms with Crippen LogP contribution in [0.3, 0.4) is 0 Å². The average molecular weight is 1680 g/mol. The first-order valence-corrected chi connectivity index (χ1v) is 41.1. The van der Waals surface area contributed by atoms with Crippen LogP contribution in [-0.2, 0) is 75.2 Å². The van der Waals surface area contributed by atoms with Gasteiger partial charge in [-0.3, -0.25) is 47.9 Å². The van der Waals surface area contributed by atoms with Crippen molar-refractivity contribution < 1.29 is 77.6 Å². The number of hydrogen-bond donors (Lipinski definition) is 15. The van der Waals surface area contributed by atoms with E-state index in [4.69, 9.17) is 10.5 Å². The summed E-state index contributed by atoms with van der Waals surface area (Å²) in [4.78, 5) is 174. The van der Waals surface area contributed by atoms with Gasteiger partial charge in [0.25, 0.3) is 0 Å². The van der Waals surface area contributed by atoms with Gasteiger partial charge in [0.15, 0.2) is 0 Å². The van der Waals surface area contributed by atoms with E-state index in [1.54, 1.807) is 234 Å². The average Bonchev–Trinajstić information content (AvgIpc) is 0.758. The summed E-state index contributed by atoms with van der Waals surface area (Å²) in [6, 6.07) is 47.8. The molecule has 0 saturated heterocycles. The number of carboxylic acid groups (broad SMARTS) is 1. The SMILES string of the molecule is CCCCCCCC[C@@H](NC(=O)[C@@H](CC(C)C)NC(=O)[C@@H](NC(=O)[C@@H](CC(C)C)NC(=O)[C@@H](CC(=O)NC(c1ccccc1)(c1ccccc1)c1ccccc1)NC(=O)[C@H](CC(=O)NC(c1ccccc1)(c1ccccc1)c1ccccc1)NC(=O)[C@H](C)NC(=O)[C@@H](NC(=O)[C@@H](N)CCCNC(=O)OCc1ccccc1)[C@@H](C)O)[C@@H](C)O)C(=O)O.Cl. The summed E-state index contributed by atoms with van der Waals surface area (Å²) in [5.41, 5.74) is 7.36. The third kappa shape index (κ3) is 29.8. The molecule has 11 atom stereocenters. The molecule has 0 unspecified atom stereocenters. The highest BCUT2D eigenvalue weighted by Crippen LogP contribution is 2.39. The van der Waals surface area contributed by atoms with Gasteiger partial charge in [0.05, 0.1) is 31.1 Å². The van der Waals surface area contributed by atoms with Crippen LogP contribution in [-0.4, -0.2) is 160 Å². The molecule has 0 aliphatic heterocycles. The molecule has 0 heterocycles. The number of alkyl carbamates (subject to hydrolysis) is 1. The Labute approximate surface area is 714 Å². The van der Waals surface area contributed by atoms with Crippen molar-refractivity contribution in [3.63, 3.8) is 0 Å². The number of aliphatic hydroxyl groups is 2. The number of amides is 11. The third-order valence-electron chi connectivity index (χ3n) is 20.5. The summed E-state index contributed by atoms with van der Waals surface area (Å²) in [5.74, 6) is -12.1. The van der Waals surface area contributed by atoms with Crippen LogP contribution >= 0.6 is 12.4 Å². The molecular weight excluding hydrogens is 1560 g/mol. The first-order chi connectivity index (χ1) is 57.5. The Bertz CT molecular complexity index is 4250. The number of aliphatic carboxylic acids is 1. The lowest BCUT2D eigenvalue weighted by Gasteiger charge is -2.37. The van der Waals surface area contributed by atoms with E-state index >= 15 is 24.0 Å². The quantitative estimate of drug-likeness (QED) is 0.0127. The Kier molecular flexibility index (Phi) is 40.2. The Morgan fingerprint density at radius 2 is 0.694 bits per heavy atom. The van der Waals surface area contributed by atoms with E-state index in [2.05, 4.69) is 65.4 Å². The van der Waals surface area contributed by atoms with E-state index in [0.29, 0.717) is 39.8 Å². The second-order valence-electron chi connectivity index (χ2n) is 31.1. The molecule has 0 saturated carbocycles. The predicted molar refractivity (Wildman–Crippen MR) is 462 cm³/mol. The molecular formula is C92H119ClN12O16. The summed E-state index contributed by atoms with van der Waals surface area (Å²) >= 11 is 0. The van der Waals surface area contributed by atoms with Crippen LogP contribution in [0.1, 0.15) is 178 Å². The van der Waals surface area contributed by atoms with Crippen molar-refractivity contribution in [2.75, 3.05) is 6.54 Å². The van der Waals surface area contributed by atoms with Crippen LogP contribution in [0, 0.1) is 11.8 Å². The van der Waals surface area contributed by atoms with Crippen molar-refractivity contribution in [2.24, 2.45) is 17.6 Å². The van der Waals surface area contributed by atoms with Crippen molar-refractivity contribution in [3.8, 4) is 0 Å². The second-order valence-corrected chi connectivity index (χ2v) is 31.1. The van der Waals surface area contributed by atoms with E-state index in [-0.39, 0.29) is 63.6 Å². The lowest BCUT2D eigenvalue weighted by atomic mass is 9.77. The predicted octanol–water partition coefficient (Wildman–Crippen LogP) is 8.03. The minimum absolute atomic E-state index is 0. The van der Waals surface area contributed by atoms with Crippen molar-refractivity contribution in [2.45, 2.75) is 223 Å². The van der Waals surface area contributed by atoms with E-state index in [1.807, 2.05) is 6.07 Å². The van der Waals surface area contributed by atoms with Crippen LogP contribution in [0.5, 0.6) is 0 Å². The highest BCUT2D eigenvalue weighted by molar-refractivity contribution is 6.01. The summed E-state index contributed by atoms with van der Waals surface area (Å²) < 4.78 is 5.25. The van der Waals surface area contributed by atoms with Gasteiger partial charge >= 0.3 is 12.1 Å². The lowest BCUT2D eigenvalue weighted by Crippen LogP contribution is -2.62. The Hall–Kier alpha value is -11.8. The van der Waals surface area contributed by atoms with Crippen LogP contribution < -0.4 is 64.2 Å². The van der Waals surface area contributed by atoms with Gasteiger partial charge in [-0.15, -0.1) is 12.4 Å². The van der Waals surface area contributed by atoms with Gasteiger partial charge in [0.1, 0.15) is 66.0 Å². The largest absolute Gasteiger partial charge is 0.480 e. The number of hydrogen-bond acceptors (Lipinski definition) is 16. The van der Waals surface area contributed by atoms with Crippen molar-refractivity contribution in [3.05, 3.63) is 251 Å². The smallest absolute Gasteiger partial charge is 0.407 e. The number of benzene rings is 7. The maximum Gasteiger partial charge on any atom is 0.407 e. The maximum atomic E-state index is 15.9. The molecule has 0 spiro atoms. The monoisotopic (exact) mass is 1680 g/mol. The normalized spacial score (nSPS) is 14.1. The van der Waals surface area contributed by atoms with E-state index in [1.165, 1.54) is 20.8 Å². The molecule has 28 nitrogen and oxygen atoms in total. The molecule has 11 amide bonds. The minimum atomic E-state index is -2.04. The molecule has 7 aromatic carbocycles. The van der Waals surface area contributed by atoms with Crippen molar-refractivity contribution >= 4 is 83.5 Å². The number of aliphatic hydroxyl groups excluding tert-OH is 2. The van der Waals surface area contributed by atoms with Crippen LogP contribution in [0.4, 0.5) is 4.79 Å². The van der Waals surface area contributed by atoms with Gasteiger partial charge in [-0.05, 0) is 104 Å². The number of ether oxygens (including phenoxy) is 1. The number of halogens is 1. The van der Waals surface area contributed by atoms with Crippen molar-refractivity contribution in [1.82, 2.24) is 58.5 Å². The summed E-state index contributed by atoms with van der Waals surface area (Å²) in [7, 11) is 0. The van der Waals surface area contributed by atoms with E-state index in [0.717, 1.165) is 37.7 Å². The second kappa shape index (κ2) is 49.6. The zero-order valence-electron chi connectivity index (χ0n) is 70.0. The molecule has 121 heavy (non-hydrogen) atoms. The highest BCUT2D eigenvalue weighted by Gasteiger charge is 2.44. The molecule has 0 radical (unpaired) electrons. The summed E-state index contributed by atoms with van der Waals surface area (Å²) in [5, 5.41) is 62.0. The van der Waals surface area contributed by atoms with Gasteiger partial charge in [-0.25, -0.2) is 9.59 Å². The number of nitrogens with one attached hydrogen (secondary N) is 11.